The first kappa shape index (κ1) is 20.3. The number of aliphatic hydroxyl groups is 1. The number of amides is 2. The number of hydrogen-bond donors (Lipinski definition) is 3. The van der Waals surface area contributed by atoms with Crippen LogP contribution in [0.1, 0.15) is 42.4 Å². The van der Waals surface area contributed by atoms with Crippen LogP contribution in [0.4, 0.5) is 0 Å². The summed E-state index contributed by atoms with van der Waals surface area (Å²) in [4.78, 5) is 26.7. The van der Waals surface area contributed by atoms with Gasteiger partial charge in [0, 0.05) is 41.1 Å². The molecule has 2 aromatic heterocycles. The fraction of sp³-hybridized carbons (Fsp3) is 0.286. The SMILES string of the molecule is CCNC(=O)C1(O)CC2OC1(C)n1c3ccccc3c3c4c(c5c6ccccc6n2c5c31)C(=O)NC4. The van der Waals surface area contributed by atoms with E-state index in [-0.39, 0.29) is 12.3 Å². The van der Waals surface area contributed by atoms with Crippen LogP contribution in [0, 0.1) is 0 Å². The van der Waals surface area contributed by atoms with Crippen molar-refractivity contribution in [3.63, 3.8) is 0 Å². The molecular weight excluding hydrogens is 456 g/mol. The van der Waals surface area contributed by atoms with Crippen molar-refractivity contribution in [2.24, 2.45) is 0 Å². The first-order chi connectivity index (χ1) is 17.4. The third-order valence-electron chi connectivity index (χ3n) is 8.55. The number of rotatable bonds is 2. The van der Waals surface area contributed by atoms with E-state index in [0.717, 1.165) is 49.2 Å². The molecule has 3 aromatic carbocycles. The molecule has 1 fully saturated rings. The molecule has 8 nitrogen and oxygen atoms in total. The van der Waals surface area contributed by atoms with Gasteiger partial charge in [0.2, 0.25) is 0 Å². The van der Waals surface area contributed by atoms with E-state index in [9.17, 15) is 14.7 Å². The molecule has 8 heteroatoms. The van der Waals surface area contributed by atoms with Crippen molar-refractivity contribution in [3.8, 4) is 0 Å². The summed E-state index contributed by atoms with van der Waals surface area (Å²) in [5.74, 6) is -0.526. The second-order valence-electron chi connectivity index (χ2n) is 10.2. The van der Waals surface area contributed by atoms with E-state index in [1.165, 1.54) is 0 Å². The number of benzene rings is 3. The Morgan fingerprint density at radius 3 is 2.56 bits per heavy atom. The van der Waals surface area contributed by atoms with Gasteiger partial charge in [0.15, 0.2) is 11.3 Å². The van der Waals surface area contributed by atoms with Crippen LogP contribution >= 0.6 is 0 Å². The Bertz CT molecular complexity index is 1850. The Labute approximate surface area is 205 Å². The maximum absolute atomic E-state index is 13.5. The minimum absolute atomic E-state index is 0.0769. The van der Waals surface area contributed by atoms with Crippen molar-refractivity contribution in [1.29, 1.82) is 0 Å². The maximum Gasteiger partial charge on any atom is 0.257 e. The average Bonchev–Trinajstić information content (AvgIpc) is 3.56. The first-order valence-corrected chi connectivity index (χ1v) is 12.4. The zero-order chi connectivity index (χ0) is 24.6. The fourth-order valence-electron chi connectivity index (χ4n) is 7.06. The van der Waals surface area contributed by atoms with Crippen LogP contribution in [0.15, 0.2) is 48.5 Å². The van der Waals surface area contributed by atoms with Gasteiger partial charge in [0.1, 0.15) is 6.23 Å². The smallest absolute Gasteiger partial charge is 0.257 e. The zero-order valence-electron chi connectivity index (χ0n) is 19.9. The van der Waals surface area contributed by atoms with Gasteiger partial charge in [0.05, 0.1) is 27.6 Å². The van der Waals surface area contributed by atoms with Crippen LogP contribution in [-0.2, 0) is 21.8 Å². The van der Waals surface area contributed by atoms with Crippen molar-refractivity contribution in [2.45, 2.75) is 44.4 Å². The van der Waals surface area contributed by atoms with Crippen LogP contribution in [0.3, 0.4) is 0 Å². The van der Waals surface area contributed by atoms with E-state index in [2.05, 4.69) is 15.2 Å². The number of likely N-dealkylation sites (N-methyl/N-ethyl adjacent to an activating group) is 1. The third kappa shape index (κ3) is 2.00. The number of nitrogens with one attached hydrogen (secondary N) is 2. The van der Waals surface area contributed by atoms with Crippen LogP contribution in [-0.4, -0.2) is 38.2 Å². The Balaban J connectivity index is 1.69. The van der Waals surface area contributed by atoms with Gasteiger partial charge < -0.3 is 29.6 Å². The number of carbonyl (C=O) groups is 2. The number of ether oxygens (including phenoxy) is 1. The van der Waals surface area contributed by atoms with Gasteiger partial charge in [-0.1, -0.05) is 36.4 Å². The molecule has 2 amide bonds. The molecule has 3 atom stereocenters. The number of hydrogen-bond acceptors (Lipinski definition) is 4. The largest absolute Gasteiger partial charge is 0.376 e. The molecule has 3 N–H and O–H groups in total. The van der Waals surface area contributed by atoms with Crippen molar-refractivity contribution >= 4 is 55.4 Å². The van der Waals surface area contributed by atoms with Gasteiger partial charge in [-0.15, -0.1) is 0 Å². The van der Waals surface area contributed by atoms with Crippen molar-refractivity contribution in [1.82, 2.24) is 19.8 Å². The molecule has 180 valence electrons. The topological polar surface area (TPSA) is 97.5 Å². The van der Waals surface area contributed by atoms with Crippen LogP contribution in [0.25, 0.3) is 43.6 Å². The molecule has 0 spiro atoms. The first-order valence-electron chi connectivity index (χ1n) is 12.4. The average molecular weight is 481 g/mol. The Morgan fingerprint density at radius 2 is 1.81 bits per heavy atom. The van der Waals surface area contributed by atoms with E-state index in [4.69, 9.17) is 4.74 Å². The molecule has 5 aromatic rings. The quantitative estimate of drug-likeness (QED) is 0.360. The zero-order valence-corrected chi connectivity index (χ0v) is 19.9. The number of nitrogens with zero attached hydrogens (tertiary/aromatic N) is 2. The van der Waals surface area contributed by atoms with Crippen molar-refractivity contribution in [2.75, 3.05) is 6.54 Å². The molecule has 3 aliphatic heterocycles. The highest BCUT2D eigenvalue weighted by atomic mass is 16.6. The second-order valence-corrected chi connectivity index (χ2v) is 10.2. The van der Waals surface area contributed by atoms with Crippen LogP contribution in [0.2, 0.25) is 0 Å². The Hall–Kier alpha value is -3.88. The van der Waals surface area contributed by atoms with Crippen LogP contribution < -0.4 is 10.6 Å². The van der Waals surface area contributed by atoms with Crippen LogP contribution in [0.5, 0.6) is 0 Å². The maximum atomic E-state index is 13.5. The van der Waals surface area contributed by atoms with E-state index in [1.807, 2.05) is 66.9 Å². The lowest BCUT2D eigenvalue weighted by Gasteiger charge is -2.38. The fourth-order valence-corrected chi connectivity index (χ4v) is 7.06. The predicted octanol–water partition coefficient (Wildman–Crippen LogP) is 3.62. The molecule has 3 aliphatic rings. The summed E-state index contributed by atoms with van der Waals surface area (Å²) < 4.78 is 10.9. The lowest BCUT2D eigenvalue weighted by atomic mass is 9.87. The summed E-state index contributed by atoms with van der Waals surface area (Å²) in [6.07, 6.45) is -0.519. The van der Waals surface area contributed by atoms with Gasteiger partial charge in [-0.25, -0.2) is 0 Å². The highest BCUT2D eigenvalue weighted by Crippen LogP contribution is 2.57. The molecule has 36 heavy (non-hydrogen) atoms. The van der Waals surface area contributed by atoms with Gasteiger partial charge in [0.25, 0.3) is 11.8 Å². The molecule has 2 bridgehead atoms. The van der Waals surface area contributed by atoms with Crippen molar-refractivity contribution in [3.05, 3.63) is 59.7 Å². The Morgan fingerprint density at radius 1 is 1.11 bits per heavy atom. The third-order valence-corrected chi connectivity index (χ3v) is 8.55. The second kappa shape index (κ2) is 6.27. The van der Waals surface area contributed by atoms with Crippen molar-refractivity contribution < 1.29 is 19.4 Å². The number of fused-ring (bicyclic) bond motifs is 13. The number of carbonyl (C=O) groups excluding carboxylic acids is 2. The monoisotopic (exact) mass is 480 g/mol. The molecule has 0 aliphatic carbocycles. The summed E-state index contributed by atoms with van der Waals surface area (Å²) in [7, 11) is 0. The number of aromatic nitrogens is 2. The minimum atomic E-state index is -1.81. The molecular formula is C28H24N4O4. The molecule has 1 saturated heterocycles. The minimum Gasteiger partial charge on any atom is -0.376 e. The number of para-hydroxylation sites is 2. The van der Waals surface area contributed by atoms with E-state index >= 15 is 0 Å². The highest BCUT2D eigenvalue weighted by Gasteiger charge is 2.64. The lowest BCUT2D eigenvalue weighted by molar-refractivity contribution is -0.187. The molecule has 0 saturated carbocycles. The molecule has 5 heterocycles. The van der Waals surface area contributed by atoms with E-state index in [1.54, 1.807) is 0 Å². The van der Waals surface area contributed by atoms with Gasteiger partial charge in [-0.05, 0) is 31.5 Å². The molecule has 8 rings (SSSR count). The summed E-state index contributed by atoms with van der Waals surface area (Å²) in [6.45, 7) is 4.48. The van der Waals surface area contributed by atoms with Gasteiger partial charge in [-0.3, -0.25) is 9.59 Å². The highest BCUT2D eigenvalue weighted by molar-refractivity contribution is 6.31. The Kier molecular flexibility index (Phi) is 3.54. The normalized spacial score (nSPS) is 26.3. The summed E-state index contributed by atoms with van der Waals surface area (Å²) in [5.41, 5.74) is 2.01. The summed E-state index contributed by atoms with van der Waals surface area (Å²) >= 11 is 0. The predicted molar refractivity (Wildman–Crippen MR) is 136 cm³/mol. The lowest BCUT2D eigenvalue weighted by Crippen LogP contribution is -2.59. The standard InChI is InChI=1S/C28H24N4O4/c1-3-29-26(34)28(35)12-19-31-17-10-6-4-8-14(17)21-22-16(13-30-25(22)33)20-15-9-5-7-11-18(15)32(24(20)23(21)31)27(28,2)36-19/h4-11,19,35H,3,12-13H2,1-2H3,(H,29,34)(H,30,33). The van der Waals surface area contributed by atoms with Gasteiger partial charge >= 0.3 is 0 Å². The molecule has 3 unspecified atom stereocenters. The van der Waals surface area contributed by atoms with E-state index < -0.39 is 23.5 Å². The van der Waals surface area contributed by atoms with Gasteiger partial charge in [-0.2, -0.15) is 0 Å². The summed E-state index contributed by atoms with van der Waals surface area (Å²) in [6, 6.07) is 16.0. The van der Waals surface area contributed by atoms with E-state index in [0.29, 0.717) is 18.7 Å². The summed E-state index contributed by atoms with van der Waals surface area (Å²) in [5, 5.41) is 21.8. The molecule has 0 radical (unpaired) electrons.